The fourth-order valence-corrected chi connectivity index (χ4v) is 3.11. The monoisotopic (exact) mass is 380 g/mol. The van der Waals surface area contributed by atoms with E-state index >= 15 is 0 Å². The normalized spacial score (nSPS) is 17.5. The zero-order valence-corrected chi connectivity index (χ0v) is 14.4. The number of hydrogen-bond acceptors (Lipinski definition) is 7. The van der Waals surface area contributed by atoms with Crippen LogP contribution in [0.1, 0.15) is 5.56 Å². The van der Waals surface area contributed by atoms with Gasteiger partial charge in [0, 0.05) is 22.8 Å². The molecule has 0 radical (unpaired) electrons. The summed E-state index contributed by atoms with van der Waals surface area (Å²) < 4.78 is 5.72. The van der Waals surface area contributed by atoms with Crippen LogP contribution in [0.5, 0.6) is 17.2 Å². The minimum Gasteiger partial charge on any atom is -0.507 e. The molecule has 0 amide bonds. The Morgan fingerprint density at radius 3 is 2.39 bits per heavy atom. The topological polar surface area (TPSA) is 131 Å². The third-order valence-corrected chi connectivity index (χ3v) is 4.42. The van der Waals surface area contributed by atoms with Gasteiger partial charge in [-0.05, 0) is 42.0 Å². The first-order valence-electron chi connectivity index (χ1n) is 8.30. The minimum absolute atomic E-state index is 0.0143. The highest BCUT2D eigenvalue weighted by Gasteiger charge is 2.29. The zero-order valence-electron chi connectivity index (χ0n) is 14.4. The predicted molar refractivity (Wildman–Crippen MR) is 100.0 cm³/mol. The number of phenols is 3. The number of aromatic hydroxyl groups is 3. The van der Waals surface area contributed by atoms with Crippen molar-refractivity contribution in [1.82, 2.24) is 0 Å². The number of hydrogen-bond donors (Lipinski definition) is 6. The Hall–Kier alpha value is -3.68. The number of allylic oxidation sites excluding steroid dienone is 2. The summed E-state index contributed by atoms with van der Waals surface area (Å²) in [5.41, 5.74) is 1.37. The van der Waals surface area contributed by atoms with Crippen molar-refractivity contribution in [2.75, 3.05) is 0 Å². The molecule has 0 saturated carbocycles. The SMILES string of the molecule is OC1=C(c2cccc(O)c2-c2ccc(O)c(O)c2)OC2=CC(O)(O)C=CC2=C1. The molecule has 2 aromatic carbocycles. The van der Waals surface area contributed by atoms with Crippen molar-refractivity contribution >= 4 is 5.76 Å². The highest BCUT2D eigenvalue weighted by molar-refractivity contribution is 5.86. The lowest BCUT2D eigenvalue weighted by molar-refractivity contribution is -0.0769. The maximum atomic E-state index is 10.5. The molecule has 2 aromatic rings. The molecule has 2 aliphatic rings. The second-order valence-corrected chi connectivity index (χ2v) is 6.44. The van der Waals surface area contributed by atoms with Crippen LogP contribution in [-0.4, -0.2) is 36.4 Å². The third kappa shape index (κ3) is 2.98. The first-order valence-corrected chi connectivity index (χ1v) is 8.30. The number of aliphatic hydroxyl groups excluding tert-OH is 1. The fourth-order valence-electron chi connectivity index (χ4n) is 3.11. The van der Waals surface area contributed by atoms with E-state index in [1.807, 2.05) is 0 Å². The van der Waals surface area contributed by atoms with Gasteiger partial charge in [0.15, 0.2) is 23.0 Å². The van der Waals surface area contributed by atoms with Gasteiger partial charge < -0.3 is 35.4 Å². The molecule has 0 bridgehead atoms. The summed E-state index contributed by atoms with van der Waals surface area (Å²) in [7, 11) is 0. The maximum absolute atomic E-state index is 10.5. The van der Waals surface area contributed by atoms with Gasteiger partial charge in [0.2, 0.25) is 5.79 Å². The minimum atomic E-state index is -2.19. The van der Waals surface area contributed by atoms with E-state index in [1.54, 1.807) is 12.1 Å². The van der Waals surface area contributed by atoms with Gasteiger partial charge in [-0.2, -0.15) is 0 Å². The van der Waals surface area contributed by atoms with Crippen molar-refractivity contribution < 1.29 is 35.4 Å². The van der Waals surface area contributed by atoms with Crippen LogP contribution >= 0.6 is 0 Å². The zero-order chi connectivity index (χ0) is 20.1. The fraction of sp³-hybridized carbons (Fsp3) is 0.0476. The van der Waals surface area contributed by atoms with Crippen LogP contribution in [0.3, 0.4) is 0 Å². The smallest absolute Gasteiger partial charge is 0.207 e. The lowest BCUT2D eigenvalue weighted by Gasteiger charge is -2.26. The molecule has 0 unspecified atom stereocenters. The molecular weight excluding hydrogens is 364 g/mol. The van der Waals surface area contributed by atoms with Gasteiger partial charge in [-0.1, -0.05) is 18.2 Å². The molecule has 0 saturated heterocycles. The van der Waals surface area contributed by atoms with Crippen LogP contribution in [-0.2, 0) is 4.74 Å². The molecule has 1 aliphatic carbocycles. The summed E-state index contributed by atoms with van der Waals surface area (Å²) in [5, 5.41) is 59.8. The van der Waals surface area contributed by atoms with E-state index in [9.17, 15) is 30.6 Å². The molecule has 0 fully saturated rings. The predicted octanol–water partition coefficient (Wildman–Crippen LogP) is 2.79. The molecule has 7 heteroatoms. The standard InChI is InChI=1S/C21H16O7/c22-14-5-4-12(9-16(14)24)19-13(2-1-3-15(19)23)20-17(25)8-11-6-7-21(26,27)10-18(11)28-20/h1-10,22-27H. The molecular formula is C21H16O7. The van der Waals surface area contributed by atoms with Gasteiger partial charge in [0.1, 0.15) is 11.5 Å². The van der Waals surface area contributed by atoms with E-state index in [0.29, 0.717) is 16.7 Å². The molecule has 142 valence electrons. The van der Waals surface area contributed by atoms with Crippen LogP contribution in [0.2, 0.25) is 0 Å². The highest BCUT2D eigenvalue weighted by atomic mass is 16.5. The molecule has 4 rings (SSSR count). The summed E-state index contributed by atoms with van der Waals surface area (Å²) in [4.78, 5) is 0. The molecule has 1 heterocycles. The Morgan fingerprint density at radius 1 is 0.857 bits per heavy atom. The van der Waals surface area contributed by atoms with Gasteiger partial charge in [-0.3, -0.25) is 0 Å². The number of fused-ring (bicyclic) bond motifs is 1. The summed E-state index contributed by atoms with van der Waals surface area (Å²) >= 11 is 0. The third-order valence-electron chi connectivity index (χ3n) is 4.42. The molecule has 0 spiro atoms. The second-order valence-electron chi connectivity index (χ2n) is 6.44. The van der Waals surface area contributed by atoms with Crippen molar-refractivity contribution in [1.29, 1.82) is 0 Å². The molecule has 0 aromatic heterocycles. The molecule has 7 nitrogen and oxygen atoms in total. The first-order chi connectivity index (χ1) is 13.2. The van der Waals surface area contributed by atoms with Crippen LogP contribution < -0.4 is 0 Å². The number of phenolic OH excluding ortho intramolecular Hbond substituents is 3. The maximum Gasteiger partial charge on any atom is 0.207 e. The van der Waals surface area contributed by atoms with Crippen molar-refractivity contribution in [2.45, 2.75) is 5.79 Å². The van der Waals surface area contributed by atoms with Crippen molar-refractivity contribution in [3.05, 3.63) is 83.4 Å². The molecule has 0 atom stereocenters. The van der Waals surface area contributed by atoms with Gasteiger partial charge in [-0.15, -0.1) is 0 Å². The van der Waals surface area contributed by atoms with Crippen LogP contribution in [0.25, 0.3) is 16.9 Å². The van der Waals surface area contributed by atoms with E-state index < -0.39 is 5.79 Å². The van der Waals surface area contributed by atoms with E-state index in [0.717, 1.165) is 12.2 Å². The number of rotatable bonds is 2. The van der Waals surface area contributed by atoms with E-state index in [4.69, 9.17) is 4.74 Å². The van der Waals surface area contributed by atoms with Crippen molar-refractivity contribution in [2.24, 2.45) is 0 Å². The highest BCUT2D eigenvalue weighted by Crippen LogP contribution is 2.43. The number of benzene rings is 2. The lowest BCUT2D eigenvalue weighted by Crippen LogP contribution is -2.26. The Balaban J connectivity index is 1.89. The second kappa shape index (κ2) is 6.19. The lowest BCUT2D eigenvalue weighted by atomic mass is 9.94. The Bertz CT molecular complexity index is 1100. The van der Waals surface area contributed by atoms with E-state index in [-0.39, 0.29) is 40.1 Å². The Labute approximate surface area is 159 Å². The van der Waals surface area contributed by atoms with Gasteiger partial charge in [-0.25, -0.2) is 0 Å². The van der Waals surface area contributed by atoms with Crippen LogP contribution in [0.15, 0.2) is 77.8 Å². The molecule has 6 N–H and O–H groups in total. The number of aliphatic hydroxyl groups is 3. The van der Waals surface area contributed by atoms with Crippen LogP contribution in [0.4, 0.5) is 0 Å². The van der Waals surface area contributed by atoms with Gasteiger partial charge >= 0.3 is 0 Å². The first kappa shape index (κ1) is 17.7. The quantitative estimate of drug-likeness (QED) is 0.349. The van der Waals surface area contributed by atoms with E-state index in [1.165, 1.54) is 36.4 Å². The Morgan fingerprint density at radius 2 is 1.64 bits per heavy atom. The van der Waals surface area contributed by atoms with Crippen molar-refractivity contribution in [3.8, 4) is 28.4 Å². The summed E-state index contributed by atoms with van der Waals surface area (Å²) in [6.45, 7) is 0. The Kier molecular flexibility index (Phi) is 3.92. The largest absolute Gasteiger partial charge is 0.507 e. The number of ether oxygens (including phenoxy) is 1. The summed E-state index contributed by atoms with van der Waals surface area (Å²) in [6.07, 6.45) is 5.03. The van der Waals surface area contributed by atoms with Gasteiger partial charge in [0.05, 0.1) is 0 Å². The summed E-state index contributed by atoms with van der Waals surface area (Å²) in [5.74, 6) is -3.13. The van der Waals surface area contributed by atoms with Crippen LogP contribution in [0, 0.1) is 0 Å². The average Bonchev–Trinajstić information content (AvgIpc) is 2.63. The van der Waals surface area contributed by atoms with Gasteiger partial charge in [0.25, 0.3) is 0 Å². The molecule has 28 heavy (non-hydrogen) atoms. The summed E-state index contributed by atoms with van der Waals surface area (Å²) in [6, 6.07) is 8.60. The molecule has 1 aliphatic heterocycles. The average molecular weight is 380 g/mol. The van der Waals surface area contributed by atoms with E-state index in [2.05, 4.69) is 0 Å². The van der Waals surface area contributed by atoms with Crippen molar-refractivity contribution in [3.63, 3.8) is 0 Å².